The molecule has 0 N–H and O–H groups in total. The first-order valence-corrected chi connectivity index (χ1v) is 8.55. The van der Waals surface area contributed by atoms with Gasteiger partial charge in [-0.05, 0) is 34.0 Å². The number of halogens is 2. The first-order chi connectivity index (χ1) is 11.5. The predicted octanol–water partition coefficient (Wildman–Crippen LogP) is 3.19. The van der Waals surface area contributed by atoms with Gasteiger partial charge < -0.3 is 0 Å². The normalized spacial score (nSPS) is 14.1. The summed E-state index contributed by atoms with van der Waals surface area (Å²) < 4.78 is 2.48. The van der Waals surface area contributed by atoms with Gasteiger partial charge in [0.05, 0.1) is 16.9 Å². The van der Waals surface area contributed by atoms with E-state index in [0.29, 0.717) is 22.9 Å². The van der Waals surface area contributed by atoms with Crippen LogP contribution in [0.2, 0.25) is 5.02 Å². The molecule has 1 aliphatic heterocycles. The van der Waals surface area contributed by atoms with Crippen LogP contribution in [0.4, 0.5) is 5.69 Å². The number of benzene rings is 1. The summed E-state index contributed by atoms with van der Waals surface area (Å²) in [5.74, 6) is -0.166. The van der Waals surface area contributed by atoms with Crippen LogP contribution in [0.3, 0.4) is 0 Å². The molecule has 6 nitrogen and oxygen atoms in total. The Labute approximate surface area is 151 Å². The molecule has 0 aliphatic carbocycles. The predicted molar refractivity (Wildman–Crippen MR) is 95.3 cm³/mol. The molecule has 0 spiro atoms. The molecule has 0 radical (unpaired) electrons. The van der Waals surface area contributed by atoms with Gasteiger partial charge in [0.15, 0.2) is 11.3 Å². The van der Waals surface area contributed by atoms with Crippen molar-refractivity contribution in [3.63, 3.8) is 0 Å². The van der Waals surface area contributed by atoms with E-state index in [9.17, 15) is 4.79 Å². The van der Waals surface area contributed by atoms with E-state index in [1.165, 1.54) is 16.3 Å². The Morgan fingerprint density at radius 1 is 1.38 bits per heavy atom. The fraction of sp³-hybridized carbons (Fsp3) is 0.188. The Kier molecular flexibility index (Phi) is 3.69. The van der Waals surface area contributed by atoms with Gasteiger partial charge in [0.25, 0.3) is 5.91 Å². The van der Waals surface area contributed by atoms with Crippen LogP contribution >= 0.6 is 27.5 Å². The average Bonchev–Trinajstić information content (AvgIpc) is 2.97. The zero-order chi connectivity index (χ0) is 16.8. The third-order valence-electron chi connectivity index (χ3n) is 4.08. The van der Waals surface area contributed by atoms with Gasteiger partial charge in [-0.15, -0.1) is 0 Å². The minimum Gasteiger partial charge on any atom is -0.284 e. The Morgan fingerprint density at radius 3 is 3.04 bits per heavy atom. The second-order valence-corrected chi connectivity index (χ2v) is 6.84. The average molecular weight is 407 g/mol. The molecular formula is C16H13BrClN5O. The standard InChI is InChI=1S/C16H13BrClN5O/c1-21-15-10(3-2-4-12(15)17)5-6-23(21)16(24)13-7-14-19-8-11(18)9-22(14)20-13/h2-4,7-9H,5-6H2,1H3. The van der Waals surface area contributed by atoms with Gasteiger partial charge in [0.2, 0.25) is 0 Å². The quantitative estimate of drug-likeness (QED) is 0.623. The maximum absolute atomic E-state index is 12.9. The molecule has 2 aromatic heterocycles. The molecule has 1 amide bonds. The Balaban J connectivity index is 1.70. The van der Waals surface area contributed by atoms with Crippen molar-refractivity contribution in [1.29, 1.82) is 0 Å². The third-order valence-corrected chi connectivity index (χ3v) is 4.92. The van der Waals surface area contributed by atoms with Gasteiger partial charge in [0.1, 0.15) is 0 Å². The fourth-order valence-electron chi connectivity index (χ4n) is 2.95. The van der Waals surface area contributed by atoms with E-state index in [-0.39, 0.29) is 5.91 Å². The van der Waals surface area contributed by atoms with E-state index in [0.717, 1.165) is 16.6 Å². The molecule has 0 saturated heterocycles. The number of aromatic nitrogens is 3. The van der Waals surface area contributed by atoms with E-state index in [4.69, 9.17) is 11.6 Å². The zero-order valence-electron chi connectivity index (χ0n) is 12.8. The van der Waals surface area contributed by atoms with Crippen molar-refractivity contribution in [2.75, 3.05) is 18.6 Å². The summed E-state index contributed by atoms with van der Waals surface area (Å²) in [5.41, 5.74) is 3.14. The number of hydrazine groups is 1. The molecule has 0 saturated carbocycles. The molecule has 0 bridgehead atoms. The summed E-state index contributed by atoms with van der Waals surface area (Å²) in [7, 11) is 1.88. The summed E-state index contributed by atoms with van der Waals surface area (Å²) in [6.45, 7) is 0.598. The number of carbonyl (C=O) groups is 1. The highest BCUT2D eigenvalue weighted by Crippen LogP contribution is 2.34. The Morgan fingerprint density at radius 2 is 2.21 bits per heavy atom. The van der Waals surface area contributed by atoms with Crippen molar-refractivity contribution < 1.29 is 4.79 Å². The summed E-state index contributed by atoms with van der Waals surface area (Å²) in [6.07, 6.45) is 3.96. The summed E-state index contributed by atoms with van der Waals surface area (Å²) in [6, 6.07) is 7.73. The van der Waals surface area contributed by atoms with Crippen molar-refractivity contribution in [2.24, 2.45) is 0 Å². The number of carbonyl (C=O) groups excluding carboxylic acids is 1. The zero-order valence-corrected chi connectivity index (χ0v) is 15.1. The van der Waals surface area contributed by atoms with Crippen molar-refractivity contribution in [3.8, 4) is 0 Å². The molecule has 1 aliphatic rings. The van der Waals surface area contributed by atoms with Gasteiger partial charge in [-0.1, -0.05) is 23.7 Å². The molecule has 122 valence electrons. The maximum Gasteiger partial charge on any atom is 0.292 e. The highest BCUT2D eigenvalue weighted by Gasteiger charge is 2.29. The lowest BCUT2D eigenvalue weighted by Crippen LogP contribution is -2.48. The maximum atomic E-state index is 12.9. The molecule has 4 rings (SSSR count). The van der Waals surface area contributed by atoms with Crippen LogP contribution in [-0.4, -0.2) is 39.1 Å². The van der Waals surface area contributed by atoms with Crippen LogP contribution in [0.5, 0.6) is 0 Å². The molecule has 1 aromatic carbocycles. The summed E-state index contributed by atoms with van der Waals surface area (Å²) >= 11 is 9.49. The van der Waals surface area contributed by atoms with E-state index < -0.39 is 0 Å². The van der Waals surface area contributed by atoms with Crippen molar-refractivity contribution in [2.45, 2.75) is 6.42 Å². The number of hydrogen-bond acceptors (Lipinski definition) is 4. The number of fused-ring (bicyclic) bond motifs is 2. The monoisotopic (exact) mass is 405 g/mol. The summed E-state index contributed by atoms with van der Waals surface area (Å²) in [5, 5.41) is 8.33. The molecule has 0 atom stereocenters. The number of rotatable bonds is 1. The van der Waals surface area contributed by atoms with Crippen LogP contribution in [-0.2, 0) is 6.42 Å². The number of anilines is 1. The van der Waals surface area contributed by atoms with E-state index in [1.807, 2.05) is 24.2 Å². The lowest BCUT2D eigenvalue weighted by atomic mass is 10.1. The van der Waals surface area contributed by atoms with E-state index in [1.54, 1.807) is 17.3 Å². The van der Waals surface area contributed by atoms with Crippen LogP contribution in [0.25, 0.3) is 5.65 Å². The molecule has 24 heavy (non-hydrogen) atoms. The molecular weight excluding hydrogens is 394 g/mol. The van der Waals surface area contributed by atoms with Gasteiger partial charge in [0, 0.05) is 30.3 Å². The first kappa shape index (κ1) is 15.4. The fourth-order valence-corrected chi connectivity index (χ4v) is 3.75. The van der Waals surface area contributed by atoms with Gasteiger partial charge >= 0.3 is 0 Å². The number of hydrogen-bond donors (Lipinski definition) is 0. The van der Waals surface area contributed by atoms with Gasteiger partial charge in [-0.3, -0.25) is 9.80 Å². The second-order valence-electron chi connectivity index (χ2n) is 5.55. The Hall–Kier alpha value is -2.12. The Bertz CT molecular complexity index is 957. The molecule has 3 heterocycles. The van der Waals surface area contributed by atoms with Crippen LogP contribution < -0.4 is 5.01 Å². The van der Waals surface area contributed by atoms with E-state index >= 15 is 0 Å². The van der Waals surface area contributed by atoms with Crippen molar-refractivity contribution >= 4 is 44.8 Å². The van der Waals surface area contributed by atoms with Crippen LogP contribution in [0.1, 0.15) is 16.1 Å². The van der Waals surface area contributed by atoms with Crippen LogP contribution in [0, 0.1) is 0 Å². The largest absolute Gasteiger partial charge is 0.292 e. The van der Waals surface area contributed by atoms with Gasteiger partial charge in [-0.2, -0.15) is 5.10 Å². The first-order valence-electron chi connectivity index (χ1n) is 7.38. The second kappa shape index (κ2) is 5.75. The third kappa shape index (κ3) is 2.44. The molecule has 8 heteroatoms. The number of para-hydroxylation sites is 1. The topological polar surface area (TPSA) is 53.7 Å². The number of nitrogens with zero attached hydrogens (tertiary/aromatic N) is 5. The minimum atomic E-state index is -0.166. The lowest BCUT2D eigenvalue weighted by Gasteiger charge is -2.38. The smallest absolute Gasteiger partial charge is 0.284 e. The highest BCUT2D eigenvalue weighted by molar-refractivity contribution is 9.10. The lowest BCUT2D eigenvalue weighted by molar-refractivity contribution is 0.0732. The molecule has 3 aromatic rings. The van der Waals surface area contributed by atoms with Crippen LogP contribution in [0.15, 0.2) is 41.1 Å². The number of amides is 1. The molecule has 0 fully saturated rings. The highest BCUT2D eigenvalue weighted by atomic mass is 79.9. The summed E-state index contributed by atoms with van der Waals surface area (Å²) in [4.78, 5) is 17.1. The van der Waals surface area contributed by atoms with E-state index in [2.05, 4.69) is 32.1 Å². The molecule has 0 unspecified atom stereocenters. The minimum absolute atomic E-state index is 0.166. The van der Waals surface area contributed by atoms with Gasteiger partial charge in [-0.25, -0.2) is 14.5 Å². The van der Waals surface area contributed by atoms with Crippen molar-refractivity contribution in [1.82, 2.24) is 19.6 Å². The van der Waals surface area contributed by atoms with Crippen molar-refractivity contribution in [3.05, 3.63) is 57.4 Å². The SMILES string of the molecule is CN1c2c(Br)cccc2CCN1C(=O)c1cc2ncc(Cl)cn2n1.